The summed E-state index contributed by atoms with van der Waals surface area (Å²) in [7, 11) is 0. The molecule has 0 aromatic heterocycles. The molecule has 0 radical (unpaired) electrons. The van der Waals surface area contributed by atoms with Crippen LogP contribution in [0.25, 0.3) is 0 Å². The van der Waals surface area contributed by atoms with Gasteiger partial charge in [-0.1, -0.05) is 12.1 Å². The lowest BCUT2D eigenvalue weighted by Crippen LogP contribution is -2.38. The number of likely N-dealkylation sites (tertiary alicyclic amines) is 1. The normalized spacial score (nSPS) is 17.4. The molecule has 0 spiro atoms. The molecule has 1 fully saturated rings. The van der Waals surface area contributed by atoms with Crippen molar-refractivity contribution < 1.29 is 23.9 Å². The summed E-state index contributed by atoms with van der Waals surface area (Å²) in [5.74, 6) is -1.34. The second-order valence-corrected chi connectivity index (χ2v) is 6.58. The molecule has 0 bridgehead atoms. The van der Waals surface area contributed by atoms with Gasteiger partial charge in [0, 0.05) is 26.1 Å². The zero-order valence-corrected chi connectivity index (χ0v) is 14.8. The first kappa shape index (κ1) is 18.1. The number of esters is 1. The van der Waals surface area contributed by atoms with E-state index in [-0.39, 0.29) is 30.7 Å². The van der Waals surface area contributed by atoms with Crippen molar-refractivity contribution in [2.45, 2.75) is 38.7 Å². The summed E-state index contributed by atoms with van der Waals surface area (Å²) >= 11 is 0. The third-order valence-electron chi connectivity index (χ3n) is 4.71. The van der Waals surface area contributed by atoms with Crippen LogP contribution in [-0.2, 0) is 14.3 Å². The van der Waals surface area contributed by atoms with Crippen molar-refractivity contribution in [3.05, 3.63) is 35.4 Å². The highest BCUT2D eigenvalue weighted by Crippen LogP contribution is 2.22. The average molecular weight is 358 g/mol. The Bertz CT molecular complexity index is 704. The largest absolute Gasteiger partial charge is 0.453 e. The maximum atomic E-state index is 12.2. The molecule has 1 aromatic rings. The standard InChI is InChI=1S/C19H22N2O5/c1-13(17(23)20-10-4-5-11-20)26-16(22)9-6-12-21-18(24)14-7-2-3-8-15(14)19(21)25/h2-3,7-8,13H,4-6,9-12H2,1H3. The van der Waals surface area contributed by atoms with Crippen LogP contribution >= 0.6 is 0 Å². The molecule has 7 heteroatoms. The van der Waals surface area contributed by atoms with Crippen LogP contribution in [0.5, 0.6) is 0 Å². The highest BCUT2D eigenvalue weighted by atomic mass is 16.5. The van der Waals surface area contributed by atoms with Crippen LogP contribution in [0, 0.1) is 0 Å². The molecule has 0 saturated carbocycles. The van der Waals surface area contributed by atoms with Crippen molar-refractivity contribution in [2.24, 2.45) is 0 Å². The van der Waals surface area contributed by atoms with Gasteiger partial charge in [0.25, 0.3) is 17.7 Å². The Morgan fingerprint density at radius 3 is 2.23 bits per heavy atom. The summed E-state index contributed by atoms with van der Waals surface area (Å²) in [5, 5.41) is 0. The number of imide groups is 1. The van der Waals surface area contributed by atoms with E-state index >= 15 is 0 Å². The number of rotatable bonds is 6. The zero-order chi connectivity index (χ0) is 18.7. The molecule has 0 aliphatic carbocycles. The Balaban J connectivity index is 1.45. The van der Waals surface area contributed by atoms with E-state index in [9.17, 15) is 19.2 Å². The molecule has 1 unspecified atom stereocenters. The van der Waals surface area contributed by atoms with Gasteiger partial charge in [0.2, 0.25) is 0 Å². The van der Waals surface area contributed by atoms with E-state index in [4.69, 9.17) is 4.74 Å². The molecule has 2 aliphatic heterocycles. The van der Waals surface area contributed by atoms with Crippen molar-refractivity contribution in [1.82, 2.24) is 9.80 Å². The molecular weight excluding hydrogens is 336 g/mol. The van der Waals surface area contributed by atoms with E-state index < -0.39 is 12.1 Å². The number of hydrogen-bond donors (Lipinski definition) is 0. The molecule has 1 saturated heterocycles. The predicted octanol–water partition coefficient (Wildman–Crippen LogP) is 1.62. The number of fused-ring (bicyclic) bond motifs is 1. The summed E-state index contributed by atoms with van der Waals surface area (Å²) in [6.45, 7) is 3.14. The van der Waals surface area contributed by atoms with Gasteiger partial charge in [-0.3, -0.25) is 24.1 Å². The summed E-state index contributed by atoms with van der Waals surface area (Å²) in [6.07, 6.45) is 1.50. The molecular formula is C19H22N2O5. The Hall–Kier alpha value is -2.70. The molecule has 3 amide bonds. The molecule has 1 atom stereocenters. The smallest absolute Gasteiger partial charge is 0.306 e. The van der Waals surface area contributed by atoms with Crippen LogP contribution in [-0.4, -0.2) is 59.2 Å². The second kappa shape index (κ2) is 7.68. The van der Waals surface area contributed by atoms with Crippen LogP contribution in [0.1, 0.15) is 53.3 Å². The number of amides is 3. The van der Waals surface area contributed by atoms with Gasteiger partial charge in [-0.2, -0.15) is 0 Å². The van der Waals surface area contributed by atoms with E-state index in [0.29, 0.717) is 30.6 Å². The van der Waals surface area contributed by atoms with Gasteiger partial charge >= 0.3 is 5.97 Å². The van der Waals surface area contributed by atoms with Gasteiger partial charge in [0.15, 0.2) is 6.10 Å². The molecule has 2 aliphatic rings. The van der Waals surface area contributed by atoms with E-state index in [1.165, 1.54) is 0 Å². The predicted molar refractivity (Wildman–Crippen MR) is 92.4 cm³/mol. The topological polar surface area (TPSA) is 84.0 Å². The average Bonchev–Trinajstić information content (AvgIpc) is 3.25. The molecule has 3 rings (SSSR count). The van der Waals surface area contributed by atoms with Gasteiger partial charge in [-0.15, -0.1) is 0 Å². The Morgan fingerprint density at radius 1 is 1.08 bits per heavy atom. The highest BCUT2D eigenvalue weighted by molar-refractivity contribution is 6.21. The maximum absolute atomic E-state index is 12.2. The lowest BCUT2D eigenvalue weighted by Gasteiger charge is -2.20. The Morgan fingerprint density at radius 2 is 1.65 bits per heavy atom. The minimum absolute atomic E-state index is 0.0467. The first-order valence-electron chi connectivity index (χ1n) is 8.92. The van der Waals surface area contributed by atoms with Gasteiger partial charge in [0.05, 0.1) is 11.1 Å². The van der Waals surface area contributed by atoms with E-state index in [1.807, 2.05) is 0 Å². The van der Waals surface area contributed by atoms with E-state index in [0.717, 1.165) is 17.7 Å². The molecule has 138 valence electrons. The zero-order valence-electron chi connectivity index (χ0n) is 14.8. The number of carbonyl (C=O) groups excluding carboxylic acids is 4. The fraction of sp³-hybridized carbons (Fsp3) is 0.474. The van der Waals surface area contributed by atoms with Crippen LogP contribution in [0.2, 0.25) is 0 Å². The number of benzene rings is 1. The first-order valence-corrected chi connectivity index (χ1v) is 8.92. The van der Waals surface area contributed by atoms with Crippen LogP contribution < -0.4 is 0 Å². The van der Waals surface area contributed by atoms with E-state index in [2.05, 4.69) is 0 Å². The summed E-state index contributed by atoms with van der Waals surface area (Å²) in [6, 6.07) is 6.66. The second-order valence-electron chi connectivity index (χ2n) is 6.58. The lowest BCUT2D eigenvalue weighted by molar-refractivity contribution is -0.158. The number of hydrogen-bond acceptors (Lipinski definition) is 5. The summed E-state index contributed by atoms with van der Waals surface area (Å²) in [5.41, 5.74) is 0.787. The van der Waals surface area contributed by atoms with E-state index in [1.54, 1.807) is 36.1 Å². The van der Waals surface area contributed by atoms with Crippen molar-refractivity contribution in [3.63, 3.8) is 0 Å². The highest BCUT2D eigenvalue weighted by Gasteiger charge is 2.34. The third-order valence-corrected chi connectivity index (χ3v) is 4.71. The summed E-state index contributed by atoms with van der Waals surface area (Å²) < 4.78 is 5.19. The first-order chi connectivity index (χ1) is 12.5. The fourth-order valence-electron chi connectivity index (χ4n) is 3.32. The lowest BCUT2D eigenvalue weighted by atomic mass is 10.1. The molecule has 7 nitrogen and oxygen atoms in total. The molecule has 0 N–H and O–H groups in total. The van der Waals surface area contributed by atoms with Crippen molar-refractivity contribution in [1.29, 1.82) is 0 Å². The van der Waals surface area contributed by atoms with Crippen molar-refractivity contribution >= 4 is 23.7 Å². The van der Waals surface area contributed by atoms with Gasteiger partial charge < -0.3 is 9.64 Å². The van der Waals surface area contributed by atoms with Crippen LogP contribution in [0.4, 0.5) is 0 Å². The van der Waals surface area contributed by atoms with Gasteiger partial charge in [0.1, 0.15) is 0 Å². The van der Waals surface area contributed by atoms with Crippen LogP contribution in [0.15, 0.2) is 24.3 Å². The Kier molecular flexibility index (Phi) is 5.35. The van der Waals surface area contributed by atoms with Gasteiger partial charge in [-0.25, -0.2) is 0 Å². The Labute approximate surface area is 151 Å². The monoisotopic (exact) mass is 358 g/mol. The number of nitrogens with zero attached hydrogens (tertiary/aromatic N) is 2. The van der Waals surface area contributed by atoms with Crippen molar-refractivity contribution in [2.75, 3.05) is 19.6 Å². The third kappa shape index (κ3) is 3.61. The molecule has 2 heterocycles. The molecule has 26 heavy (non-hydrogen) atoms. The van der Waals surface area contributed by atoms with Gasteiger partial charge in [-0.05, 0) is 38.3 Å². The SMILES string of the molecule is CC(OC(=O)CCCN1C(=O)c2ccccc2C1=O)C(=O)N1CCCC1. The molecule has 1 aromatic carbocycles. The number of ether oxygens (including phenoxy) is 1. The van der Waals surface area contributed by atoms with Crippen LogP contribution in [0.3, 0.4) is 0 Å². The minimum atomic E-state index is -0.806. The van der Waals surface area contributed by atoms with Crippen molar-refractivity contribution in [3.8, 4) is 0 Å². The number of carbonyl (C=O) groups is 4. The quantitative estimate of drug-likeness (QED) is 0.570. The summed E-state index contributed by atoms with van der Waals surface area (Å²) in [4.78, 5) is 51.4. The maximum Gasteiger partial charge on any atom is 0.306 e. The fourth-order valence-corrected chi connectivity index (χ4v) is 3.32. The minimum Gasteiger partial charge on any atom is -0.453 e.